The summed E-state index contributed by atoms with van der Waals surface area (Å²) in [6, 6.07) is 21.7. The molecule has 0 saturated carbocycles. The Morgan fingerprint density at radius 2 is 1.56 bits per heavy atom. The first-order valence-electron chi connectivity index (χ1n) is 10.7. The molecule has 5 rings (SSSR count). The van der Waals surface area contributed by atoms with Gasteiger partial charge in [-0.2, -0.15) is 0 Å². The number of anilines is 1. The number of aromatic nitrogens is 1. The number of nitrogens with one attached hydrogen (secondary N) is 1. The summed E-state index contributed by atoms with van der Waals surface area (Å²) < 4.78 is 15.5. The average Bonchev–Trinajstić information content (AvgIpc) is 3.10. The molecule has 168 valence electrons. The number of rotatable bonds is 3. The predicted molar refractivity (Wildman–Crippen MR) is 135 cm³/mol. The van der Waals surface area contributed by atoms with Crippen LogP contribution in [0.3, 0.4) is 0 Å². The minimum atomic E-state index is -0.566. The van der Waals surface area contributed by atoms with E-state index in [-0.39, 0.29) is 10.7 Å². The fourth-order valence-electron chi connectivity index (χ4n) is 4.28. The van der Waals surface area contributed by atoms with Crippen LogP contribution in [0.4, 0.5) is 10.1 Å². The molecule has 1 aliphatic heterocycles. The van der Waals surface area contributed by atoms with Gasteiger partial charge in [0.15, 0.2) is 5.11 Å². The van der Waals surface area contributed by atoms with Gasteiger partial charge in [-0.3, -0.25) is 19.8 Å². The number of hydrogen-bond donors (Lipinski definition) is 1. The Hall–Kier alpha value is -4.10. The van der Waals surface area contributed by atoms with E-state index < -0.39 is 17.6 Å². The molecule has 0 atom stereocenters. The number of benzene rings is 3. The highest BCUT2D eigenvalue weighted by Gasteiger charge is 2.34. The zero-order chi connectivity index (χ0) is 24.0. The highest BCUT2D eigenvalue weighted by molar-refractivity contribution is 7.80. The van der Waals surface area contributed by atoms with Gasteiger partial charge in [-0.25, -0.2) is 4.39 Å². The Morgan fingerprint density at radius 1 is 0.882 bits per heavy atom. The number of thiocarbonyl (C=S) groups is 1. The van der Waals surface area contributed by atoms with E-state index in [0.717, 1.165) is 33.4 Å². The topological polar surface area (TPSA) is 54.3 Å². The van der Waals surface area contributed by atoms with Crippen molar-refractivity contribution in [1.82, 2.24) is 9.88 Å². The van der Waals surface area contributed by atoms with Crippen LogP contribution < -0.4 is 10.2 Å². The van der Waals surface area contributed by atoms with Crippen molar-refractivity contribution in [3.05, 3.63) is 101 Å². The lowest BCUT2D eigenvalue weighted by Gasteiger charge is -2.28. The molecule has 0 aliphatic carbocycles. The number of fused-ring (bicyclic) bond motifs is 1. The summed E-state index contributed by atoms with van der Waals surface area (Å²) in [5.41, 5.74) is 3.93. The SMILES string of the molecule is Cc1cc(/C=C2\C(=O)NC(=S)N(c3ccc(F)cc3)C2=O)c(C)n1-c1ccc2ccccc2c1. The Bertz CT molecular complexity index is 1520. The number of carbonyl (C=O) groups excluding carboxylic acids is 2. The highest BCUT2D eigenvalue weighted by Crippen LogP contribution is 2.27. The van der Waals surface area contributed by atoms with Gasteiger partial charge in [0.2, 0.25) is 0 Å². The van der Waals surface area contributed by atoms with Gasteiger partial charge in [0.05, 0.1) is 5.69 Å². The maximum atomic E-state index is 13.4. The normalized spacial score (nSPS) is 15.3. The molecule has 5 nitrogen and oxygen atoms in total. The van der Waals surface area contributed by atoms with Gasteiger partial charge in [-0.05, 0) is 90.9 Å². The largest absolute Gasteiger partial charge is 0.318 e. The average molecular weight is 470 g/mol. The van der Waals surface area contributed by atoms with E-state index in [1.54, 1.807) is 6.08 Å². The van der Waals surface area contributed by atoms with E-state index in [1.807, 2.05) is 38.1 Å². The van der Waals surface area contributed by atoms with Crippen LogP contribution in [-0.4, -0.2) is 21.5 Å². The molecule has 1 saturated heterocycles. The molecule has 3 aromatic carbocycles. The second-order valence-corrected chi connectivity index (χ2v) is 8.51. The molecular formula is C27H20FN3O2S. The second kappa shape index (κ2) is 8.35. The van der Waals surface area contributed by atoms with Crippen molar-refractivity contribution in [3.8, 4) is 5.69 Å². The molecule has 1 aromatic heterocycles. The fraction of sp³-hybridized carbons (Fsp3) is 0.0741. The third-order valence-electron chi connectivity index (χ3n) is 5.95. The van der Waals surface area contributed by atoms with Crippen molar-refractivity contribution in [2.45, 2.75) is 13.8 Å². The van der Waals surface area contributed by atoms with Crippen molar-refractivity contribution >= 4 is 51.7 Å². The minimum absolute atomic E-state index is 0.0413. The summed E-state index contributed by atoms with van der Waals surface area (Å²) in [6.45, 7) is 3.93. The summed E-state index contributed by atoms with van der Waals surface area (Å²) in [5, 5.41) is 4.80. The van der Waals surface area contributed by atoms with Crippen LogP contribution in [0.15, 0.2) is 78.4 Å². The Kier molecular flexibility index (Phi) is 5.34. The second-order valence-electron chi connectivity index (χ2n) is 8.13. The van der Waals surface area contributed by atoms with Crippen LogP contribution in [0.1, 0.15) is 17.0 Å². The predicted octanol–water partition coefficient (Wildman–Crippen LogP) is 5.22. The van der Waals surface area contributed by atoms with Gasteiger partial charge >= 0.3 is 0 Å². The maximum Gasteiger partial charge on any atom is 0.270 e. The Labute approximate surface area is 201 Å². The number of nitrogens with zero attached hydrogens (tertiary/aromatic N) is 2. The van der Waals surface area contributed by atoms with E-state index in [9.17, 15) is 14.0 Å². The summed E-state index contributed by atoms with van der Waals surface area (Å²) in [5.74, 6) is -1.56. The lowest BCUT2D eigenvalue weighted by Crippen LogP contribution is -2.54. The fourth-order valence-corrected chi connectivity index (χ4v) is 4.57. The molecular weight excluding hydrogens is 449 g/mol. The smallest absolute Gasteiger partial charge is 0.270 e. The molecule has 1 aliphatic rings. The zero-order valence-corrected chi connectivity index (χ0v) is 19.3. The Morgan fingerprint density at radius 3 is 2.29 bits per heavy atom. The molecule has 1 N–H and O–H groups in total. The van der Waals surface area contributed by atoms with E-state index in [1.165, 1.54) is 29.2 Å². The minimum Gasteiger partial charge on any atom is -0.318 e. The number of halogens is 1. The maximum absolute atomic E-state index is 13.4. The van der Waals surface area contributed by atoms with Crippen LogP contribution >= 0.6 is 12.2 Å². The van der Waals surface area contributed by atoms with Crippen LogP contribution in [0.2, 0.25) is 0 Å². The van der Waals surface area contributed by atoms with Gasteiger partial charge in [-0.15, -0.1) is 0 Å². The summed E-state index contributed by atoms with van der Waals surface area (Å²) in [4.78, 5) is 27.2. The number of amides is 2. The van der Waals surface area contributed by atoms with Gasteiger partial charge in [-0.1, -0.05) is 30.3 Å². The van der Waals surface area contributed by atoms with Crippen LogP contribution in [0.25, 0.3) is 22.5 Å². The molecule has 0 bridgehead atoms. The van der Waals surface area contributed by atoms with Crippen LogP contribution in [0.5, 0.6) is 0 Å². The third-order valence-corrected chi connectivity index (χ3v) is 6.23. The quantitative estimate of drug-likeness (QED) is 0.254. The Balaban J connectivity index is 1.56. The van der Waals surface area contributed by atoms with Crippen molar-refractivity contribution in [2.75, 3.05) is 4.90 Å². The first-order valence-corrected chi connectivity index (χ1v) is 11.1. The van der Waals surface area contributed by atoms with Crippen molar-refractivity contribution in [3.63, 3.8) is 0 Å². The lowest BCUT2D eigenvalue weighted by atomic mass is 10.1. The number of aryl methyl sites for hydroxylation is 1. The molecule has 2 amide bonds. The van der Waals surface area contributed by atoms with E-state index in [4.69, 9.17) is 12.2 Å². The van der Waals surface area contributed by atoms with E-state index >= 15 is 0 Å². The molecule has 34 heavy (non-hydrogen) atoms. The molecule has 0 radical (unpaired) electrons. The van der Waals surface area contributed by atoms with Crippen molar-refractivity contribution in [2.24, 2.45) is 0 Å². The lowest BCUT2D eigenvalue weighted by molar-refractivity contribution is -0.122. The number of hydrogen-bond acceptors (Lipinski definition) is 3. The first-order chi connectivity index (χ1) is 16.3. The summed E-state index contributed by atoms with van der Waals surface area (Å²) >= 11 is 5.21. The van der Waals surface area contributed by atoms with Crippen molar-refractivity contribution in [1.29, 1.82) is 0 Å². The van der Waals surface area contributed by atoms with E-state index in [0.29, 0.717) is 5.69 Å². The summed E-state index contributed by atoms with van der Waals surface area (Å²) in [7, 11) is 0. The molecule has 4 aromatic rings. The van der Waals surface area contributed by atoms with Gasteiger partial charge in [0.1, 0.15) is 11.4 Å². The molecule has 0 spiro atoms. The standard InChI is InChI=1S/C27H20FN3O2S/c1-16-13-20(17(2)30(16)23-10-7-18-5-3-4-6-19(18)14-23)15-24-25(32)29-27(34)31(26(24)33)22-11-8-21(28)9-12-22/h3-15H,1-2H3,(H,29,32,34)/b24-15+. The van der Waals surface area contributed by atoms with Gasteiger partial charge < -0.3 is 4.57 Å². The first kappa shape index (κ1) is 21.7. The number of carbonyl (C=O) groups is 2. The molecule has 0 unspecified atom stereocenters. The molecule has 2 heterocycles. The van der Waals surface area contributed by atoms with Gasteiger partial charge in [0.25, 0.3) is 11.8 Å². The molecule has 7 heteroatoms. The highest BCUT2D eigenvalue weighted by atomic mass is 32.1. The molecule has 1 fully saturated rings. The van der Waals surface area contributed by atoms with Crippen LogP contribution in [-0.2, 0) is 9.59 Å². The van der Waals surface area contributed by atoms with E-state index in [2.05, 4.69) is 34.1 Å². The zero-order valence-electron chi connectivity index (χ0n) is 18.5. The third kappa shape index (κ3) is 3.70. The monoisotopic (exact) mass is 469 g/mol. The van der Waals surface area contributed by atoms with Crippen molar-refractivity contribution < 1.29 is 14.0 Å². The van der Waals surface area contributed by atoms with Gasteiger partial charge in [0, 0.05) is 17.1 Å². The summed E-state index contributed by atoms with van der Waals surface area (Å²) in [6.07, 6.45) is 1.58. The van der Waals surface area contributed by atoms with Crippen LogP contribution in [0, 0.1) is 19.7 Å².